The smallest absolute Gasteiger partial charge is 0.336 e. The zero-order valence-electron chi connectivity index (χ0n) is 23.8. The zero-order chi connectivity index (χ0) is 29.0. The largest absolute Gasteiger partial charge is 0.493 e. The maximum absolute atomic E-state index is 14.0. The molecule has 0 spiro atoms. The topological polar surface area (TPSA) is 92.3 Å². The molecule has 40 heavy (non-hydrogen) atoms. The number of allylic oxidation sites excluding steroid dienone is 3. The molecule has 0 radical (unpaired) electrons. The minimum absolute atomic E-state index is 0.0308. The SMILES string of the molecule is CCCOC(=O)C1=C(C)NC2=C(C(=O)C[C@H](c3ccc(OC)c(OC)c3)C2)[C@@H]1c1cc(Br)c(OC)c(OCC)c1. The third-order valence-corrected chi connectivity index (χ3v) is 7.82. The molecule has 1 N–H and O–H groups in total. The molecule has 1 aliphatic heterocycles. The molecule has 0 unspecified atom stereocenters. The second-order valence-corrected chi connectivity index (χ2v) is 10.6. The fourth-order valence-electron chi connectivity index (χ4n) is 5.47. The van der Waals surface area contributed by atoms with E-state index < -0.39 is 11.9 Å². The minimum atomic E-state index is -0.624. The van der Waals surface area contributed by atoms with Crippen molar-refractivity contribution >= 4 is 27.7 Å². The molecule has 8 nitrogen and oxygen atoms in total. The summed E-state index contributed by atoms with van der Waals surface area (Å²) >= 11 is 3.60. The molecule has 2 aliphatic rings. The van der Waals surface area contributed by atoms with Gasteiger partial charge in [0.15, 0.2) is 28.8 Å². The Balaban J connectivity index is 1.83. The van der Waals surface area contributed by atoms with Crippen molar-refractivity contribution in [1.29, 1.82) is 0 Å². The van der Waals surface area contributed by atoms with Crippen LogP contribution < -0.4 is 24.3 Å². The van der Waals surface area contributed by atoms with Crippen molar-refractivity contribution in [3.63, 3.8) is 0 Å². The van der Waals surface area contributed by atoms with Gasteiger partial charge in [-0.25, -0.2) is 4.79 Å². The van der Waals surface area contributed by atoms with Crippen molar-refractivity contribution in [2.24, 2.45) is 0 Å². The summed E-state index contributed by atoms with van der Waals surface area (Å²) in [5.41, 5.74) is 4.18. The zero-order valence-corrected chi connectivity index (χ0v) is 25.4. The van der Waals surface area contributed by atoms with E-state index in [-0.39, 0.29) is 11.7 Å². The molecule has 214 valence electrons. The lowest BCUT2D eigenvalue weighted by Crippen LogP contribution is -2.36. The number of ketones is 1. The number of Topliss-reactive ketones (excluding diaryl/α,β-unsaturated/α-hetero) is 1. The van der Waals surface area contributed by atoms with Crippen molar-refractivity contribution in [2.45, 2.75) is 51.9 Å². The molecule has 2 atom stereocenters. The highest BCUT2D eigenvalue weighted by Crippen LogP contribution is 2.49. The first-order chi connectivity index (χ1) is 19.3. The van der Waals surface area contributed by atoms with Crippen molar-refractivity contribution in [3.05, 3.63) is 68.5 Å². The Morgan fingerprint density at radius 1 is 0.975 bits per heavy atom. The molecular formula is C31H36BrNO7. The van der Waals surface area contributed by atoms with Gasteiger partial charge in [0.25, 0.3) is 0 Å². The molecular weight excluding hydrogens is 578 g/mol. The summed E-state index contributed by atoms with van der Waals surface area (Å²) in [6.45, 7) is 6.41. The third kappa shape index (κ3) is 5.70. The van der Waals surface area contributed by atoms with Crippen LogP contribution in [0, 0.1) is 0 Å². The van der Waals surface area contributed by atoms with Gasteiger partial charge in [0.05, 0.1) is 44.6 Å². The molecule has 0 amide bonds. The molecule has 0 bridgehead atoms. The second kappa shape index (κ2) is 12.8. The number of benzene rings is 2. The average molecular weight is 615 g/mol. The first-order valence-electron chi connectivity index (χ1n) is 13.4. The Morgan fingerprint density at radius 2 is 1.70 bits per heavy atom. The van der Waals surface area contributed by atoms with Gasteiger partial charge in [-0.15, -0.1) is 0 Å². The Bertz CT molecular complexity index is 1360. The Hall–Kier alpha value is -3.46. The lowest BCUT2D eigenvalue weighted by molar-refractivity contribution is -0.139. The highest BCUT2D eigenvalue weighted by atomic mass is 79.9. The first-order valence-corrected chi connectivity index (χ1v) is 14.2. The maximum atomic E-state index is 14.0. The maximum Gasteiger partial charge on any atom is 0.336 e. The van der Waals surface area contributed by atoms with Crippen LogP contribution >= 0.6 is 15.9 Å². The number of nitrogens with one attached hydrogen (secondary N) is 1. The molecule has 1 aliphatic carbocycles. The van der Waals surface area contributed by atoms with E-state index in [0.717, 1.165) is 16.8 Å². The molecule has 0 saturated heterocycles. The number of carbonyl (C=O) groups is 2. The quantitative estimate of drug-likeness (QED) is 0.317. The van der Waals surface area contributed by atoms with Crippen LogP contribution in [0.3, 0.4) is 0 Å². The molecule has 0 saturated carbocycles. The van der Waals surface area contributed by atoms with Crippen LogP contribution in [0.2, 0.25) is 0 Å². The van der Waals surface area contributed by atoms with Crippen molar-refractivity contribution in [3.8, 4) is 23.0 Å². The number of hydrogen-bond acceptors (Lipinski definition) is 8. The lowest BCUT2D eigenvalue weighted by Gasteiger charge is -2.37. The molecule has 0 aromatic heterocycles. The van der Waals surface area contributed by atoms with Crippen LogP contribution in [0.1, 0.15) is 63.0 Å². The van der Waals surface area contributed by atoms with E-state index in [1.165, 1.54) is 0 Å². The highest BCUT2D eigenvalue weighted by molar-refractivity contribution is 9.10. The van der Waals surface area contributed by atoms with Gasteiger partial charge in [-0.05, 0) is 83.9 Å². The fraction of sp³-hybridized carbons (Fsp3) is 0.419. The van der Waals surface area contributed by atoms with Gasteiger partial charge in [-0.2, -0.15) is 0 Å². The number of ether oxygens (including phenoxy) is 5. The van der Waals surface area contributed by atoms with Gasteiger partial charge in [0, 0.05) is 29.3 Å². The second-order valence-electron chi connectivity index (χ2n) is 9.73. The summed E-state index contributed by atoms with van der Waals surface area (Å²) < 4.78 is 28.6. The fourth-order valence-corrected chi connectivity index (χ4v) is 6.10. The summed E-state index contributed by atoms with van der Waals surface area (Å²) in [6, 6.07) is 9.48. The first kappa shape index (κ1) is 29.5. The summed E-state index contributed by atoms with van der Waals surface area (Å²) in [6.07, 6.45) is 1.58. The van der Waals surface area contributed by atoms with Crippen LogP contribution in [-0.4, -0.2) is 46.3 Å². The van der Waals surface area contributed by atoms with Gasteiger partial charge < -0.3 is 29.0 Å². The number of methoxy groups -OCH3 is 3. The predicted molar refractivity (Wildman–Crippen MR) is 155 cm³/mol. The Kier molecular flexibility index (Phi) is 9.45. The lowest BCUT2D eigenvalue weighted by atomic mass is 9.71. The van der Waals surface area contributed by atoms with Gasteiger partial charge in [0.2, 0.25) is 0 Å². The van der Waals surface area contributed by atoms with E-state index in [9.17, 15) is 9.59 Å². The number of rotatable bonds is 10. The molecule has 9 heteroatoms. The van der Waals surface area contributed by atoms with E-state index in [2.05, 4.69) is 21.2 Å². The molecule has 2 aromatic rings. The number of hydrogen-bond donors (Lipinski definition) is 1. The Labute approximate surface area is 243 Å². The number of esters is 1. The van der Waals surface area contributed by atoms with E-state index in [1.807, 2.05) is 51.1 Å². The van der Waals surface area contributed by atoms with Crippen LogP contribution in [0.15, 0.2) is 57.3 Å². The summed E-state index contributed by atoms with van der Waals surface area (Å²) in [5.74, 6) is 1.16. The number of halogens is 1. The van der Waals surface area contributed by atoms with Gasteiger partial charge in [-0.1, -0.05) is 13.0 Å². The summed E-state index contributed by atoms with van der Waals surface area (Å²) in [7, 11) is 4.76. The predicted octanol–water partition coefficient (Wildman–Crippen LogP) is 6.19. The van der Waals surface area contributed by atoms with Gasteiger partial charge in [0.1, 0.15) is 0 Å². The van der Waals surface area contributed by atoms with Gasteiger partial charge >= 0.3 is 5.97 Å². The number of dihydropyridines is 1. The van der Waals surface area contributed by atoms with Crippen molar-refractivity contribution in [1.82, 2.24) is 5.32 Å². The van der Waals surface area contributed by atoms with E-state index >= 15 is 0 Å². The molecule has 1 heterocycles. The Morgan fingerprint density at radius 3 is 2.35 bits per heavy atom. The number of carbonyl (C=O) groups excluding carboxylic acids is 2. The van der Waals surface area contributed by atoms with Crippen LogP contribution in [0.25, 0.3) is 0 Å². The highest BCUT2D eigenvalue weighted by Gasteiger charge is 2.42. The molecule has 2 aromatic carbocycles. The normalized spacial score (nSPS) is 18.6. The van der Waals surface area contributed by atoms with Gasteiger partial charge in [-0.3, -0.25) is 4.79 Å². The molecule has 4 rings (SSSR count). The minimum Gasteiger partial charge on any atom is -0.493 e. The standard InChI is InChI=1S/C31H36BrNO7/c1-7-11-40-31(35)27-17(3)33-22-13-19(18-9-10-24(36-4)25(15-18)37-5)14-23(34)29(22)28(27)20-12-21(32)30(38-6)26(16-20)39-8-2/h9-10,12,15-16,19,28,33H,7-8,11,13-14H2,1-6H3/t19-,28-/m1/s1. The van der Waals surface area contributed by atoms with Crippen LogP contribution in [0.4, 0.5) is 0 Å². The van der Waals surface area contributed by atoms with E-state index in [4.69, 9.17) is 23.7 Å². The van der Waals surface area contributed by atoms with Crippen molar-refractivity contribution < 1.29 is 33.3 Å². The average Bonchev–Trinajstić information content (AvgIpc) is 2.94. The summed E-state index contributed by atoms with van der Waals surface area (Å²) in [4.78, 5) is 27.4. The van der Waals surface area contributed by atoms with E-state index in [0.29, 0.717) is 76.8 Å². The van der Waals surface area contributed by atoms with E-state index in [1.54, 1.807) is 21.3 Å². The monoisotopic (exact) mass is 613 g/mol. The van der Waals surface area contributed by atoms with Crippen LogP contribution in [-0.2, 0) is 14.3 Å². The summed E-state index contributed by atoms with van der Waals surface area (Å²) in [5, 5.41) is 3.40. The molecule has 0 fully saturated rings. The van der Waals surface area contributed by atoms with Crippen molar-refractivity contribution in [2.75, 3.05) is 34.5 Å². The van der Waals surface area contributed by atoms with Crippen LogP contribution in [0.5, 0.6) is 23.0 Å². The third-order valence-electron chi connectivity index (χ3n) is 7.23.